The molecule has 3 rings (SSSR count). The molecule has 1 aromatic heterocycles. The topological polar surface area (TPSA) is 194 Å². The van der Waals surface area contributed by atoms with Gasteiger partial charge in [-0.1, -0.05) is 34.8 Å². The number of hydrogen-bond donors (Lipinski definition) is 4. The quantitative estimate of drug-likeness (QED) is 0.288. The van der Waals surface area contributed by atoms with Crippen molar-refractivity contribution in [2.24, 2.45) is 5.73 Å². The smallest absolute Gasteiger partial charge is 0.329 e. The van der Waals surface area contributed by atoms with Crippen molar-refractivity contribution in [3.8, 4) is 0 Å². The third-order valence-electron chi connectivity index (χ3n) is 5.81. The highest BCUT2D eigenvalue weighted by molar-refractivity contribution is 7.08. The Kier molecular flexibility index (Phi) is 9.63. The van der Waals surface area contributed by atoms with Crippen molar-refractivity contribution in [1.29, 1.82) is 0 Å². The van der Waals surface area contributed by atoms with Gasteiger partial charge in [-0.2, -0.15) is 0 Å². The van der Waals surface area contributed by atoms with Gasteiger partial charge in [0.1, 0.15) is 30.2 Å². The average Bonchev–Trinajstić information content (AvgIpc) is 3.29. The van der Waals surface area contributed by atoms with E-state index in [-0.39, 0.29) is 25.3 Å². The molecule has 0 aliphatic carbocycles. The molecule has 0 bridgehead atoms. The van der Waals surface area contributed by atoms with E-state index in [0.29, 0.717) is 17.0 Å². The summed E-state index contributed by atoms with van der Waals surface area (Å²) in [5.41, 5.74) is 6.79. The number of piperidine rings is 1. The largest absolute Gasteiger partial charge is 0.480 e. The number of rotatable bonds is 11. The molecule has 3 unspecified atom stereocenters. The second-order valence-electron chi connectivity index (χ2n) is 8.52. The van der Waals surface area contributed by atoms with Crippen molar-refractivity contribution in [3.63, 3.8) is 0 Å². The van der Waals surface area contributed by atoms with E-state index >= 15 is 0 Å². The van der Waals surface area contributed by atoms with Crippen molar-refractivity contribution in [3.05, 3.63) is 46.5 Å². The summed E-state index contributed by atoms with van der Waals surface area (Å²) in [4.78, 5) is 63.2. The number of carbonyl (C=O) groups is 5. The van der Waals surface area contributed by atoms with E-state index in [2.05, 4.69) is 20.2 Å². The zero-order valence-electron chi connectivity index (χ0n) is 20.1. The van der Waals surface area contributed by atoms with E-state index in [9.17, 15) is 24.0 Å². The highest BCUT2D eigenvalue weighted by Crippen LogP contribution is 2.20. The fraction of sp³-hybridized carbons (Fsp3) is 0.435. The number of benzene rings is 1. The Morgan fingerprint density at radius 2 is 1.95 bits per heavy atom. The van der Waals surface area contributed by atoms with Crippen LogP contribution in [-0.4, -0.2) is 87.1 Å². The Balaban J connectivity index is 1.74. The van der Waals surface area contributed by atoms with Crippen molar-refractivity contribution >= 4 is 41.1 Å². The number of amides is 4. The number of carboxylic acid groups (broad SMARTS) is 1. The molecular weight excluding hydrogens is 504 g/mol. The summed E-state index contributed by atoms with van der Waals surface area (Å²) < 4.78 is 8.66. The van der Waals surface area contributed by atoms with Gasteiger partial charge in [-0.3, -0.25) is 19.2 Å². The van der Waals surface area contributed by atoms with Gasteiger partial charge in [0.25, 0.3) is 5.91 Å². The minimum absolute atomic E-state index is 0.0599. The molecule has 0 saturated carbocycles. The van der Waals surface area contributed by atoms with Crippen LogP contribution in [0.4, 0.5) is 0 Å². The summed E-state index contributed by atoms with van der Waals surface area (Å²) in [6, 6.07) is 6.44. The number of aryl methyl sites for hydroxylation is 1. The van der Waals surface area contributed by atoms with Gasteiger partial charge in [-0.15, -0.1) is 5.10 Å². The minimum atomic E-state index is -1.23. The third-order valence-corrected chi connectivity index (χ3v) is 6.64. The number of hydrogen-bond acceptors (Lipinski definition) is 9. The fourth-order valence-electron chi connectivity index (χ4n) is 3.98. The maximum atomic E-state index is 13.3. The van der Waals surface area contributed by atoms with E-state index in [1.807, 2.05) is 6.07 Å². The first-order chi connectivity index (χ1) is 17.7. The van der Waals surface area contributed by atoms with Crippen LogP contribution >= 0.6 is 11.5 Å². The summed E-state index contributed by atoms with van der Waals surface area (Å²) in [7, 11) is 0. The van der Waals surface area contributed by atoms with Crippen LogP contribution < -0.4 is 16.4 Å². The van der Waals surface area contributed by atoms with Gasteiger partial charge in [-0.05, 0) is 36.9 Å². The Morgan fingerprint density at radius 3 is 2.57 bits per heavy atom. The maximum Gasteiger partial charge on any atom is 0.329 e. The molecule has 3 atom stereocenters. The number of aliphatic carboxylic acids is 1. The molecule has 1 aromatic carbocycles. The van der Waals surface area contributed by atoms with Crippen LogP contribution in [0.5, 0.6) is 0 Å². The first-order valence-corrected chi connectivity index (χ1v) is 12.3. The monoisotopic (exact) mass is 532 g/mol. The second kappa shape index (κ2) is 12.9. The normalized spacial score (nSPS) is 18.0. The lowest BCUT2D eigenvalue weighted by Crippen LogP contribution is -2.60. The summed E-state index contributed by atoms with van der Waals surface area (Å²) >= 11 is 0.950. The summed E-state index contributed by atoms with van der Waals surface area (Å²) in [6.07, 6.45) is 0.557. The Morgan fingerprint density at radius 1 is 1.22 bits per heavy atom. The Labute approximate surface area is 216 Å². The molecule has 1 saturated heterocycles. The molecule has 1 aliphatic rings. The number of carbonyl (C=O) groups excluding carboxylic acids is 4. The van der Waals surface area contributed by atoms with Crippen LogP contribution in [-0.2, 0) is 30.3 Å². The standard InChI is InChI=1S/C23H28N6O7S/c1-13-20(37-28-27-13)23(35)25-15-7-8-29(18(30)11-36-12-19(31)32)17(10-15)22(34)26-16(21(24)33)9-14-5-3-2-4-6-14/h2-6,15-17H,7-12H2,1H3,(H2,24,33)(H,25,35)(H,26,34)(H,31,32). The first-order valence-electron chi connectivity index (χ1n) is 11.5. The van der Waals surface area contributed by atoms with Crippen LogP contribution in [0.2, 0.25) is 0 Å². The first kappa shape index (κ1) is 27.7. The highest BCUT2D eigenvalue weighted by atomic mass is 32.1. The van der Waals surface area contributed by atoms with Gasteiger partial charge in [0.2, 0.25) is 17.7 Å². The molecule has 4 amide bonds. The second-order valence-corrected chi connectivity index (χ2v) is 9.28. The lowest BCUT2D eigenvalue weighted by molar-refractivity contribution is -0.150. The number of nitrogens with zero attached hydrogens (tertiary/aromatic N) is 3. The van der Waals surface area contributed by atoms with Gasteiger partial charge in [0.15, 0.2) is 0 Å². The molecule has 14 heteroatoms. The molecule has 5 N–H and O–H groups in total. The number of likely N-dealkylation sites (tertiary alicyclic amines) is 1. The van der Waals surface area contributed by atoms with E-state index in [0.717, 1.165) is 17.1 Å². The number of carboxylic acids is 1. The minimum Gasteiger partial charge on any atom is -0.480 e. The Hall–Kier alpha value is -3.91. The van der Waals surface area contributed by atoms with E-state index < -0.39 is 55.0 Å². The fourth-order valence-corrected chi connectivity index (χ4v) is 4.54. The molecule has 1 fully saturated rings. The van der Waals surface area contributed by atoms with Crippen molar-refractivity contribution in [1.82, 2.24) is 25.1 Å². The molecule has 0 radical (unpaired) electrons. The molecule has 198 valence electrons. The SMILES string of the molecule is Cc1nnsc1C(=O)NC1CCN(C(=O)COCC(=O)O)C(C(=O)NC(Cc2ccccc2)C(N)=O)C1. The van der Waals surface area contributed by atoms with Crippen molar-refractivity contribution in [2.45, 2.75) is 44.3 Å². The van der Waals surface area contributed by atoms with Crippen LogP contribution in [0.1, 0.15) is 33.8 Å². The number of primary amides is 1. The van der Waals surface area contributed by atoms with Gasteiger partial charge < -0.3 is 31.1 Å². The van der Waals surface area contributed by atoms with Crippen LogP contribution in [0.3, 0.4) is 0 Å². The van der Waals surface area contributed by atoms with Gasteiger partial charge in [-0.25, -0.2) is 4.79 Å². The highest BCUT2D eigenvalue weighted by Gasteiger charge is 2.38. The van der Waals surface area contributed by atoms with Gasteiger partial charge >= 0.3 is 5.97 Å². The predicted molar refractivity (Wildman–Crippen MR) is 130 cm³/mol. The van der Waals surface area contributed by atoms with Crippen LogP contribution in [0.25, 0.3) is 0 Å². The number of aromatic nitrogens is 2. The maximum absolute atomic E-state index is 13.3. The molecule has 2 heterocycles. The number of ether oxygens (including phenoxy) is 1. The number of nitrogens with one attached hydrogen (secondary N) is 2. The summed E-state index contributed by atoms with van der Waals surface area (Å²) in [6.45, 7) is 0.544. The molecule has 0 spiro atoms. The molecule has 2 aromatic rings. The van der Waals surface area contributed by atoms with Gasteiger partial charge in [0.05, 0.1) is 5.69 Å². The average molecular weight is 533 g/mol. The van der Waals surface area contributed by atoms with E-state index in [1.54, 1.807) is 31.2 Å². The summed E-state index contributed by atoms with van der Waals surface area (Å²) in [5, 5.41) is 18.1. The van der Waals surface area contributed by atoms with Crippen molar-refractivity contribution in [2.75, 3.05) is 19.8 Å². The molecular formula is C23H28N6O7S. The lowest BCUT2D eigenvalue weighted by atomic mass is 9.95. The molecule has 37 heavy (non-hydrogen) atoms. The van der Waals surface area contributed by atoms with E-state index in [4.69, 9.17) is 15.6 Å². The summed E-state index contributed by atoms with van der Waals surface area (Å²) in [5.74, 6) is -3.58. The van der Waals surface area contributed by atoms with Gasteiger partial charge in [0, 0.05) is 19.0 Å². The van der Waals surface area contributed by atoms with Crippen molar-refractivity contribution < 1.29 is 33.8 Å². The Bertz CT molecular complexity index is 1140. The third kappa shape index (κ3) is 7.79. The zero-order chi connectivity index (χ0) is 26.9. The lowest BCUT2D eigenvalue weighted by Gasteiger charge is -2.39. The predicted octanol–water partition coefficient (Wildman–Crippen LogP) is -0.750. The van der Waals surface area contributed by atoms with E-state index in [1.165, 1.54) is 4.90 Å². The zero-order valence-corrected chi connectivity index (χ0v) is 20.9. The molecule has 1 aliphatic heterocycles. The number of nitrogens with two attached hydrogens (primary N) is 1. The van der Waals surface area contributed by atoms with Crippen LogP contribution in [0.15, 0.2) is 30.3 Å². The molecule has 13 nitrogen and oxygen atoms in total. The van der Waals surface area contributed by atoms with Crippen LogP contribution in [0, 0.1) is 6.92 Å².